The van der Waals surface area contributed by atoms with Gasteiger partial charge in [-0.05, 0) is 36.4 Å². The van der Waals surface area contributed by atoms with Crippen LogP contribution in [0.15, 0.2) is 60.7 Å². The van der Waals surface area contributed by atoms with E-state index in [1.165, 1.54) is 5.69 Å². The lowest BCUT2D eigenvalue weighted by Crippen LogP contribution is -2.24. The highest BCUT2D eigenvalue weighted by Gasteiger charge is 2.24. The van der Waals surface area contributed by atoms with Gasteiger partial charge in [0.05, 0.1) is 12.1 Å². The molecule has 3 aromatic rings. The Bertz CT molecular complexity index is 822. The van der Waals surface area contributed by atoms with Crippen LogP contribution in [0.4, 0.5) is 5.69 Å². The van der Waals surface area contributed by atoms with Crippen molar-refractivity contribution >= 4 is 28.2 Å². The van der Waals surface area contributed by atoms with Gasteiger partial charge in [-0.25, -0.2) is 4.98 Å². The van der Waals surface area contributed by atoms with Crippen LogP contribution in [-0.2, 0) is 0 Å². The number of pyridine rings is 1. The van der Waals surface area contributed by atoms with Gasteiger partial charge in [-0.15, -0.1) is 0 Å². The number of fused-ring (bicyclic) bond motifs is 1. The molecule has 2 heterocycles. The molecule has 0 amide bonds. The Morgan fingerprint density at radius 1 is 1.04 bits per heavy atom. The molecule has 2 aromatic carbocycles. The lowest BCUT2D eigenvalue weighted by atomic mass is 10.2. The normalized spacial score (nSPS) is 17.6. The molecule has 0 N–H and O–H groups in total. The zero-order valence-corrected chi connectivity index (χ0v) is 13.4. The molecular weight excluding hydrogens is 308 g/mol. The van der Waals surface area contributed by atoms with E-state index in [9.17, 15) is 0 Å². The molecule has 1 saturated heterocycles. The largest absolute Gasteiger partial charge is 0.472 e. The van der Waals surface area contributed by atoms with E-state index in [-0.39, 0.29) is 6.10 Å². The van der Waals surface area contributed by atoms with E-state index in [0.29, 0.717) is 5.88 Å². The van der Waals surface area contributed by atoms with Gasteiger partial charge in [-0.2, -0.15) is 0 Å². The fourth-order valence-corrected chi connectivity index (χ4v) is 3.19. The average Bonchev–Trinajstić information content (AvgIpc) is 3.04. The molecule has 0 radical (unpaired) electrons. The van der Waals surface area contributed by atoms with Crippen molar-refractivity contribution in [1.82, 2.24) is 4.98 Å². The van der Waals surface area contributed by atoms with Crippen molar-refractivity contribution in [2.24, 2.45) is 0 Å². The smallest absolute Gasteiger partial charge is 0.214 e. The highest BCUT2D eigenvalue weighted by molar-refractivity contribution is 6.31. The maximum Gasteiger partial charge on any atom is 0.214 e. The summed E-state index contributed by atoms with van der Waals surface area (Å²) in [5.41, 5.74) is 2.16. The molecule has 3 nitrogen and oxygen atoms in total. The Morgan fingerprint density at radius 2 is 1.91 bits per heavy atom. The summed E-state index contributed by atoms with van der Waals surface area (Å²) in [7, 11) is 0. The molecule has 0 spiro atoms. The van der Waals surface area contributed by atoms with Crippen LogP contribution in [0.5, 0.6) is 5.88 Å². The van der Waals surface area contributed by atoms with Gasteiger partial charge in [-0.1, -0.05) is 29.8 Å². The second-order valence-corrected chi connectivity index (χ2v) is 6.23. The van der Waals surface area contributed by atoms with E-state index < -0.39 is 0 Å². The van der Waals surface area contributed by atoms with E-state index >= 15 is 0 Å². The van der Waals surface area contributed by atoms with E-state index in [1.54, 1.807) is 0 Å². The summed E-state index contributed by atoms with van der Waals surface area (Å²) >= 11 is 6.01. The van der Waals surface area contributed by atoms with Gasteiger partial charge < -0.3 is 9.64 Å². The first kappa shape index (κ1) is 14.3. The molecular formula is C19H17ClN2O. The number of aromatic nitrogens is 1. The monoisotopic (exact) mass is 324 g/mol. The van der Waals surface area contributed by atoms with Gasteiger partial charge in [0.15, 0.2) is 0 Å². The van der Waals surface area contributed by atoms with E-state index in [2.05, 4.69) is 34.1 Å². The molecule has 23 heavy (non-hydrogen) atoms. The van der Waals surface area contributed by atoms with Crippen molar-refractivity contribution in [3.8, 4) is 5.88 Å². The number of ether oxygens (including phenoxy) is 1. The summed E-state index contributed by atoms with van der Waals surface area (Å²) < 4.78 is 6.08. The van der Waals surface area contributed by atoms with Crippen molar-refractivity contribution in [2.75, 3.05) is 18.0 Å². The quantitative estimate of drug-likeness (QED) is 0.707. The van der Waals surface area contributed by atoms with E-state index in [1.807, 2.05) is 36.4 Å². The second kappa shape index (κ2) is 6.09. The van der Waals surface area contributed by atoms with Crippen LogP contribution >= 0.6 is 11.6 Å². The van der Waals surface area contributed by atoms with Gasteiger partial charge in [0.2, 0.25) is 5.88 Å². The predicted octanol–water partition coefficient (Wildman–Crippen LogP) is 4.55. The number of anilines is 1. The maximum atomic E-state index is 6.08. The highest BCUT2D eigenvalue weighted by atomic mass is 35.5. The molecule has 4 rings (SSSR count). The SMILES string of the molecule is Clc1ccc2nc(OC3CCN(c4ccccc4)C3)ccc2c1. The topological polar surface area (TPSA) is 25.4 Å². The number of hydrogen-bond donors (Lipinski definition) is 0. The van der Waals surface area contributed by atoms with Crippen LogP contribution in [0.25, 0.3) is 10.9 Å². The number of para-hydroxylation sites is 1. The molecule has 1 fully saturated rings. The Morgan fingerprint density at radius 3 is 2.78 bits per heavy atom. The molecule has 1 unspecified atom stereocenters. The van der Waals surface area contributed by atoms with Crippen molar-refractivity contribution < 1.29 is 4.74 Å². The molecule has 0 saturated carbocycles. The first-order chi connectivity index (χ1) is 11.3. The second-order valence-electron chi connectivity index (χ2n) is 5.80. The van der Waals surface area contributed by atoms with Crippen LogP contribution in [0.2, 0.25) is 5.02 Å². The third-order valence-electron chi connectivity index (χ3n) is 4.18. The zero-order chi connectivity index (χ0) is 15.6. The Kier molecular flexibility index (Phi) is 3.80. The summed E-state index contributed by atoms with van der Waals surface area (Å²) in [5.74, 6) is 0.680. The molecule has 1 atom stereocenters. The number of nitrogens with zero attached hydrogens (tertiary/aromatic N) is 2. The van der Waals surface area contributed by atoms with Crippen molar-refractivity contribution in [2.45, 2.75) is 12.5 Å². The number of halogens is 1. The van der Waals surface area contributed by atoms with Crippen LogP contribution in [0.1, 0.15) is 6.42 Å². The van der Waals surface area contributed by atoms with Gasteiger partial charge in [0.25, 0.3) is 0 Å². The minimum Gasteiger partial charge on any atom is -0.472 e. The standard InChI is InChI=1S/C19H17ClN2O/c20-15-7-8-18-14(12-15)6-9-19(21-18)23-17-10-11-22(13-17)16-4-2-1-3-5-16/h1-9,12,17H,10-11,13H2. The maximum absolute atomic E-state index is 6.08. The van der Waals surface area contributed by atoms with Gasteiger partial charge in [0.1, 0.15) is 6.10 Å². The summed E-state index contributed by atoms with van der Waals surface area (Å²) in [6.07, 6.45) is 1.18. The van der Waals surface area contributed by atoms with E-state index in [0.717, 1.165) is 35.4 Å². The molecule has 0 aliphatic carbocycles. The first-order valence-corrected chi connectivity index (χ1v) is 8.19. The lowest BCUT2D eigenvalue weighted by Gasteiger charge is -2.18. The third kappa shape index (κ3) is 3.10. The highest BCUT2D eigenvalue weighted by Crippen LogP contribution is 2.25. The Labute approximate surface area is 140 Å². The summed E-state index contributed by atoms with van der Waals surface area (Å²) in [5, 5.41) is 1.75. The summed E-state index contributed by atoms with van der Waals surface area (Å²) in [4.78, 5) is 6.93. The van der Waals surface area contributed by atoms with Crippen LogP contribution in [-0.4, -0.2) is 24.2 Å². The van der Waals surface area contributed by atoms with Crippen LogP contribution in [0, 0.1) is 0 Å². The van der Waals surface area contributed by atoms with Crippen LogP contribution < -0.4 is 9.64 Å². The Balaban J connectivity index is 1.47. The van der Waals surface area contributed by atoms with E-state index in [4.69, 9.17) is 16.3 Å². The minimum absolute atomic E-state index is 0.174. The molecule has 116 valence electrons. The third-order valence-corrected chi connectivity index (χ3v) is 4.41. The van der Waals surface area contributed by atoms with Gasteiger partial charge >= 0.3 is 0 Å². The minimum atomic E-state index is 0.174. The molecule has 1 aliphatic heterocycles. The molecule has 1 aliphatic rings. The van der Waals surface area contributed by atoms with Gasteiger partial charge in [-0.3, -0.25) is 0 Å². The molecule has 0 bridgehead atoms. The Hall–Kier alpha value is -2.26. The fourth-order valence-electron chi connectivity index (χ4n) is 3.01. The summed E-state index contributed by atoms with van der Waals surface area (Å²) in [6.45, 7) is 1.90. The summed E-state index contributed by atoms with van der Waals surface area (Å²) in [6, 6.07) is 20.1. The fraction of sp³-hybridized carbons (Fsp3) is 0.211. The zero-order valence-electron chi connectivity index (χ0n) is 12.7. The number of hydrogen-bond acceptors (Lipinski definition) is 3. The lowest BCUT2D eigenvalue weighted by molar-refractivity contribution is 0.216. The van der Waals surface area contributed by atoms with Crippen molar-refractivity contribution in [3.63, 3.8) is 0 Å². The average molecular weight is 325 g/mol. The molecule has 4 heteroatoms. The number of rotatable bonds is 3. The van der Waals surface area contributed by atoms with Crippen molar-refractivity contribution in [3.05, 3.63) is 65.7 Å². The first-order valence-electron chi connectivity index (χ1n) is 7.81. The number of benzene rings is 2. The van der Waals surface area contributed by atoms with Gasteiger partial charge in [0, 0.05) is 35.1 Å². The van der Waals surface area contributed by atoms with Crippen molar-refractivity contribution in [1.29, 1.82) is 0 Å². The molecule has 1 aromatic heterocycles. The predicted molar refractivity (Wildman–Crippen MR) is 94.4 cm³/mol. The van der Waals surface area contributed by atoms with Crippen LogP contribution in [0.3, 0.4) is 0 Å².